The van der Waals surface area contributed by atoms with Gasteiger partial charge >= 0.3 is 5.97 Å². The maximum Gasteiger partial charge on any atom is 0.340 e. The molecule has 0 heterocycles. The number of rotatable bonds is 1. The Morgan fingerprint density at radius 1 is 1.43 bits per heavy atom. The van der Waals surface area contributed by atoms with Crippen LogP contribution in [0.4, 0.5) is 14.5 Å². The summed E-state index contributed by atoms with van der Waals surface area (Å²) in [5.74, 6) is -3.57. The topological polar surface area (TPSA) is 63.3 Å². The lowest BCUT2D eigenvalue weighted by atomic mass is 10.1. The number of carboxylic acid groups (broad SMARTS) is 1. The second-order valence-corrected chi connectivity index (χ2v) is 3.45. The first-order chi connectivity index (χ1) is 6.37. The molecule has 0 aliphatic carbocycles. The minimum atomic E-state index is -1.59. The van der Waals surface area contributed by atoms with Crippen LogP contribution in [0.3, 0.4) is 0 Å². The van der Waals surface area contributed by atoms with Gasteiger partial charge in [-0.15, -0.1) is 0 Å². The first kappa shape index (κ1) is 10.9. The molecule has 1 aromatic carbocycles. The summed E-state index contributed by atoms with van der Waals surface area (Å²) >= 11 is 2.78. The minimum absolute atomic E-state index is 0.117. The van der Waals surface area contributed by atoms with Gasteiger partial charge in [-0.05, 0) is 22.9 Å². The van der Waals surface area contributed by atoms with Crippen molar-refractivity contribution >= 4 is 27.6 Å². The maximum absolute atomic E-state index is 13.3. The molecule has 1 aromatic rings. The molecule has 1 rings (SSSR count). The highest BCUT2D eigenvalue weighted by atomic mass is 79.9. The van der Waals surface area contributed by atoms with Crippen LogP contribution in [0.25, 0.3) is 0 Å². The highest BCUT2D eigenvalue weighted by Crippen LogP contribution is 2.31. The molecule has 0 saturated heterocycles. The van der Waals surface area contributed by atoms with E-state index in [-0.39, 0.29) is 10.0 Å². The molecule has 14 heavy (non-hydrogen) atoms. The van der Waals surface area contributed by atoms with Gasteiger partial charge in [0.15, 0.2) is 5.82 Å². The van der Waals surface area contributed by atoms with E-state index in [9.17, 15) is 13.6 Å². The molecule has 0 aromatic heterocycles. The van der Waals surface area contributed by atoms with Crippen LogP contribution < -0.4 is 5.73 Å². The fourth-order valence-electron chi connectivity index (χ4n) is 1.00. The largest absolute Gasteiger partial charge is 0.478 e. The number of benzene rings is 1. The summed E-state index contributed by atoms with van der Waals surface area (Å²) in [6.07, 6.45) is 0. The molecule has 0 unspecified atom stereocenters. The van der Waals surface area contributed by atoms with Gasteiger partial charge < -0.3 is 10.8 Å². The molecule has 3 N–H and O–H groups in total. The van der Waals surface area contributed by atoms with Crippen molar-refractivity contribution in [2.24, 2.45) is 0 Å². The number of carbonyl (C=O) groups is 1. The Hall–Kier alpha value is -1.17. The number of anilines is 1. The van der Waals surface area contributed by atoms with Crippen LogP contribution in [0.2, 0.25) is 0 Å². The van der Waals surface area contributed by atoms with Crippen LogP contribution in [-0.2, 0) is 0 Å². The number of carboxylic acids is 1. The molecule has 3 nitrogen and oxygen atoms in total. The van der Waals surface area contributed by atoms with Gasteiger partial charge in [-0.25, -0.2) is 13.6 Å². The third-order valence-corrected chi connectivity index (χ3v) is 2.73. The average molecular weight is 266 g/mol. The van der Waals surface area contributed by atoms with Crippen molar-refractivity contribution in [3.8, 4) is 0 Å². The Kier molecular flexibility index (Phi) is 2.75. The highest BCUT2D eigenvalue weighted by Gasteiger charge is 2.23. The number of hydrogen-bond acceptors (Lipinski definition) is 2. The second-order valence-electron chi connectivity index (χ2n) is 2.66. The van der Waals surface area contributed by atoms with Crippen molar-refractivity contribution in [3.05, 3.63) is 27.2 Å². The monoisotopic (exact) mass is 265 g/mol. The maximum atomic E-state index is 13.3. The minimum Gasteiger partial charge on any atom is -0.478 e. The fourth-order valence-corrected chi connectivity index (χ4v) is 1.39. The van der Waals surface area contributed by atoms with Gasteiger partial charge in [0, 0.05) is 5.56 Å². The van der Waals surface area contributed by atoms with Crippen LogP contribution in [0.5, 0.6) is 0 Å². The standard InChI is InChI=1S/C8H6BrF2NO2/c1-2-4(9)6(11)7(12)3(5(2)10)8(13)14/h12H2,1H3,(H,13,14). The SMILES string of the molecule is Cc1c(F)c(C(=O)O)c(N)c(F)c1Br. The Morgan fingerprint density at radius 2 is 1.93 bits per heavy atom. The Morgan fingerprint density at radius 3 is 2.36 bits per heavy atom. The summed E-state index contributed by atoms with van der Waals surface area (Å²) in [5, 5.41) is 8.58. The molecule has 0 fully saturated rings. The van der Waals surface area contributed by atoms with E-state index in [4.69, 9.17) is 10.8 Å². The Balaban J connectivity index is 3.68. The van der Waals surface area contributed by atoms with Crippen LogP contribution in [0.15, 0.2) is 4.47 Å². The van der Waals surface area contributed by atoms with Gasteiger partial charge in [0.05, 0.1) is 10.2 Å². The van der Waals surface area contributed by atoms with E-state index in [1.165, 1.54) is 6.92 Å². The van der Waals surface area contributed by atoms with Gasteiger partial charge in [0.25, 0.3) is 0 Å². The quantitative estimate of drug-likeness (QED) is 0.605. The summed E-state index contributed by atoms with van der Waals surface area (Å²) in [6, 6.07) is 0. The molecule has 0 radical (unpaired) electrons. The van der Waals surface area contributed by atoms with Crippen molar-refractivity contribution in [1.82, 2.24) is 0 Å². The Labute approximate surface area is 86.7 Å². The van der Waals surface area contributed by atoms with Crippen molar-refractivity contribution in [2.75, 3.05) is 5.73 Å². The molecule has 0 saturated carbocycles. The number of nitrogen functional groups attached to an aromatic ring is 1. The molecule has 76 valence electrons. The van der Waals surface area contributed by atoms with Crippen molar-refractivity contribution in [3.63, 3.8) is 0 Å². The van der Waals surface area contributed by atoms with Gasteiger partial charge in [0.2, 0.25) is 0 Å². The lowest BCUT2D eigenvalue weighted by Gasteiger charge is -2.08. The van der Waals surface area contributed by atoms with E-state index in [1.807, 2.05) is 0 Å². The van der Waals surface area contributed by atoms with Crippen molar-refractivity contribution in [2.45, 2.75) is 6.92 Å². The van der Waals surface area contributed by atoms with E-state index >= 15 is 0 Å². The molecule has 6 heteroatoms. The van der Waals surface area contributed by atoms with E-state index < -0.39 is 28.9 Å². The lowest BCUT2D eigenvalue weighted by molar-refractivity contribution is 0.0692. The van der Waals surface area contributed by atoms with Gasteiger partial charge in [-0.1, -0.05) is 0 Å². The lowest BCUT2D eigenvalue weighted by Crippen LogP contribution is -2.10. The predicted octanol–water partition coefficient (Wildman–Crippen LogP) is 2.32. The van der Waals surface area contributed by atoms with Crippen LogP contribution >= 0.6 is 15.9 Å². The first-order valence-corrected chi connectivity index (χ1v) is 4.33. The predicted molar refractivity (Wildman–Crippen MR) is 50.2 cm³/mol. The van der Waals surface area contributed by atoms with Crippen molar-refractivity contribution in [1.29, 1.82) is 0 Å². The molecule has 0 aliphatic rings. The molecular weight excluding hydrogens is 260 g/mol. The zero-order chi connectivity index (χ0) is 11.0. The smallest absolute Gasteiger partial charge is 0.340 e. The fraction of sp³-hybridized carbons (Fsp3) is 0.125. The molecule has 0 atom stereocenters. The number of aromatic carboxylic acids is 1. The van der Waals surface area contributed by atoms with E-state index in [0.717, 1.165) is 0 Å². The molecule has 0 amide bonds. The van der Waals surface area contributed by atoms with Gasteiger partial charge in [-0.2, -0.15) is 0 Å². The third-order valence-electron chi connectivity index (χ3n) is 1.79. The summed E-state index contributed by atoms with van der Waals surface area (Å²) in [5.41, 5.74) is 3.48. The normalized spacial score (nSPS) is 10.3. The second kappa shape index (κ2) is 3.53. The summed E-state index contributed by atoms with van der Waals surface area (Å²) in [7, 11) is 0. The molecule has 0 spiro atoms. The van der Waals surface area contributed by atoms with Crippen molar-refractivity contribution < 1.29 is 18.7 Å². The van der Waals surface area contributed by atoms with Crippen LogP contribution in [-0.4, -0.2) is 11.1 Å². The van der Waals surface area contributed by atoms with Crippen LogP contribution in [0.1, 0.15) is 15.9 Å². The van der Waals surface area contributed by atoms with Gasteiger partial charge in [-0.3, -0.25) is 0 Å². The average Bonchev–Trinajstić information content (AvgIpc) is 2.11. The number of hydrogen-bond donors (Lipinski definition) is 2. The molecule has 0 bridgehead atoms. The number of nitrogens with two attached hydrogens (primary N) is 1. The molecular formula is C8H6BrF2NO2. The third kappa shape index (κ3) is 1.45. The van der Waals surface area contributed by atoms with E-state index in [1.54, 1.807) is 0 Å². The number of halogens is 3. The molecule has 0 aliphatic heterocycles. The van der Waals surface area contributed by atoms with E-state index in [0.29, 0.717) is 0 Å². The summed E-state index contributed by atoms with van der Waals surface area (Å²) < 4.78 is 26.3. The first-order valence-electron chi connectivity index (χ1n) is 3.53. The zero-order valence-corrected chi connectivity index (χ0v) is 8.65. The highest BCUT2D eigenvalue weighted by molar-refractivity contribution is 9.10. The van der Waals surface area contributed by atoms with Crippen LogP contribution in [0, 0.1) is 18.6 Å². The summed E-state index contributed by atoms with van der Waals surface area (Å²) in [6.45, 7) is 1.26. The zero-order valence-electron chi connectivity index (χ0n) is 7.07. The Bertz CT molecular complexity index is 391. The van der Waals surface area contributed by atoms with Gasteiger partial charge in [0.1, 0.15) is 11.4 Å². The van der Waals surface area contributed by atoms with E-state index in [2.05, 4.69) is 15.9 Å². The summed E-state index contributed by atoms with van der Waals surface area (Å²) in [4.78, 5) is 10.6.